The van der Waals surface area contributed by atoms with Crippen LogP contribution in [0, 0.1) is 5.92 Å². The van der Waals surface area contributed by atoms with Gasteiger partial charge in [-0.3, -0.25) is 9.69 Å². The number of anilines is 2. The third-order valence-corrected chi connectivity index (χ3v) is 5.06. The predicted molar refractivity (Wildman–Crippen MR) is 104 cm³/mol. The average molecular weight is 350 g/mol. The first kappa shape index (κ1) is 17.0. The molecule has 1 amide bonds. The number of fused-ring (bicyclic) bond motifs is 1. The van der Waals surface area contributed by atoms with Gasteiger partial charge < -0.3 is 5.32 Å². The van der Waals surface area contributed by atoms with Crippen LogP contribution in [0.15, 0.2) is 30.5 Å². The van der Waals surface area contributed by atoms with Gasteiger partial charge in [0.05, 0.1) is 0 Å². The summed E-state index contributed by atoms with van der Waals surface area (Å²) in [4.78, 5) is 24.0. The summed E-state index contributed by atoms with van der Waals surface area (Å²) < 4.78 is 0. The van der Waals surface area contributed by atoms with Crippen molar-refractivity contribution in [3.63, 3.8) is 0 Å². The normalized spacial score (nSPS) is 15.8. The molecule has 2 aromatic rings. The molecular formula is C21H26N4O. The number of nitrogens with zero attached hydrogens (tertiary/aromatic N) is 3. The second-order valence-electron chi connectivity index (χ2n) is 7.73. The van der Waals surface area contributed by atoms with Gasteiger partial charge >= 0.3 is 0 Å². The number of hydrogen-bond acceptors (Lipinski definition) is 4. The Labute approximate surface area is 154 Å². The van der Waals surface area contributed by atoms with Gasteiger partial charge in [0, 0.05) is 24.3 Å². The van der Waals surface area contributed by atoms with E-state index in [2.05, 4.69) is 27.4 Å². The van der Waals surface area contributed by atoms with Crippen LogP contribution in [0.2, 0.25) is 0 Å². The zero-order valence-corrected chi connectivity index (χ0v) is 15.5. The fraction of sp³-hybridized carbons (Fsp3) is 0.476. The van der Waals surface area contributed by atoms with E-state index in [-0.39, 0.29) is 11.9 Å². The lowest BCUT2D eigenvalue weighted by Crippen LogP contribution is -2.34. The number of nitrogens with one attached hydrogen (secondary N) is 1. The summed E-state index contributed by atoms with van der Waals surface area (Å²) in [7, 11) is 0. The van der Waals surface area contributed by atoms with Crippen molar-refractivity contribution >= 4 is 17.7 Å². The number of aryl methyl sites for hydroxylation is 2. The molecule has 2 aliphatic rings. The van der Waals surface area contributed by atoms with Gasteiger partial charge in [-0.1, -0.05) is 6.07 Å². The van der Waals surface area contributed by atoms with E-state index >= 15 is 0 Å². The Kier molecular flexibility index (Phi) is 4.62. The molecule has 1 aromatic heterocycles. The van der Waals surface area contributed by atoms with Gasteiger partial charge in [0.15, 0.2) is 0 Å². The van der Waals surface area contributed by atoms with Crippen molar-refractivity contribution in [2.45, 2.75) is 52.0 Å². The van der Waals surface area contributed by atoms with E-state index < -0.39 is 0 Å². The average Bonchev–Trinajstić information content (AvgIpc) is 3.32. The van der Waals surface area contributed by atoms with Crippen molar-refractivity contribution in [1.82, 2.24) is 9.97 Å². The van der Waals surface area contributed by atoms with Crippen LogP contribution in [0.3, 0.4) is 0 Å². The molecule has 5 heteroatoms. The highest BCUT2D eigenvalue weighted by Crippen LogP contribution is 2.32. The minimum Gasteiger partial charge on any atom is -0.352 e. The maximum atomic E-state index is 13.3. The molecule has 1 fully saturated rings. The van der Waals surface area contributed by atoms with Gasteiger partial charge in [-0.05, 0) is 81.2 Å². The van der Waals surface area contributed by atoms with E-state index in [1.54, 1.807) is 6.20 Å². The van der Waals surface area contributed by atoms with Gasteiger partial charge in [0.2, 0.25) is 5.95 Å². The predicted octanol–water partition coefficient (Wildman–Crippen LogP) is 3.84. The molecule has 0 saturated heterocycles. The summed E-state index contributed by atoms with van der Waals surface area (Å²) in [6.07, 6.45) is 7.50. The lowest BCUT2D eigenvalue weighted by atomic mass is 10.1. The number of carbonyl (C=O) groups excluding carboxylic acids is 1. The molecular weight excluding hydrogens is 324 g/mol. The smallest absolute Gasteiger partial charge is 0.259 e. The number of carbonyl (C=O) groups is 1. The Hall–Kier alpha value is -2.43. The van der Waals surface area contributed by atoms with Crippen LogP contribution in [0.5, 0.6) is 0 Å². The zero-order chi connectivity index (χ0) is 18.1. The van der Waals surface area contributed by atoms with E-state index in [0.717, 1.165) is 24.9 Å². The largest absolute Gasteiger partial charge is 0.352 e. The molecule has 0 radical (unpaired) electrons. The molecule has 0 aliphatic heterocycles. The van der Waals surface area contributed by atoms with Gasteiger partial charge in [-0.15, -0.1) is 0 Å². The third-order valence-electron chi connectivity index (χ3n) is 5.06. The Bertz CT molecular complexity index is 813. The van der Waals surface area contributed by atoms with E-state index in [1.165, 1.54) is 30.4 Å². The minimum absolute atomic E-state index is 0.0424. The molecule has 0 unspecified atom stereocenters. The van der Waals surface area contributed by atoms with E-state index in [0.29, 0.717) is 17.7 Å². The highest BCUT2D eigenvalue weighted by molar-refractivity contribution is 6.05. The number of benzene rings is 1. The quantitative estimate of drug-likeness (QED) is 0.860. The van der Waals surface area contributed by atoms with Crippen LogP contribution in [-0.4, -0.2) is 28.5 Å². The number of aromatic nitrogens is 2. The third kappa shape index (κ3) is 3.71. The summed E-state index contributed by atoms with van der Waals surface area (Å²) in [5.41, 5.74) is 3.48. The lowest BCUT2D eigenvalue weighted by molar-refractivity contribution is 0.0985. The van der Waals surface area contributed by atoms with Crippen LogP contribution in [0.4, 0.5) is 11.8 Å². The van der Waals surface area contributed by atoms with Crippen molar-refractivity contribution in [2.24, 2.45) is 5.92 Å². The molecule has 1 aromatic carbocycles. The van der Waals surface area contributed by atoms with Crippen LogP contribution in [-0.2, 0) is 12.8 Å². The maximum absolute atomic E-state index is 13.3. The topological polar surface area (TPSA) is 58.1 Å². The van der Waals surface area contributed by atoms with Crippen LogP contribution < -0.4 is 10.2 Å². The van der Waals surface area contributed by atoms with Crippen molar-refractivity contribution < 1.29 is 4.79 Å². The van der Waals surface area contributed by atoms with Crippen molar-refractivity contribution in [3.8, 4) is 0 Å². The maximum Gasteiger partial charge on any atom is 0.259 e. The van der Waals surface area contributed by atoms with Crippen molar-refractivity contribution in [3.05, 3.63) is 47.2 Å². The number of amides is 1. The second kappa shape index (κ2) is 7.06. The van der Waals surface area contributed by atoms with E-state index in [1.807, 2.05) is 30.9 Å². The summed E-state index contributed by atoms with van der Waals surface area (Å²) in [5.74, 6) is 1.88. The minimum atomic E-state index is 0.0424. The SMILES string of the molecule is CC(C)Nc1nccc(N(CC2CC2)C(=O)c2ccc3c(c2)CCC3)n1. The molecule has 1 saturated carbocycles. The first-order valence-corrected chi connectivity index (χ1v) is 9.63. The molecule has 136 valence electrons. The fourth-order valence-corrected chi connectivity index (χ4v) is 3.53. The first-order valence-electron chi connectivity index (χ1n) is 9.63. The highest BCUT2D eigenvalue weighted by Gasteiger charge is 2.29. The van der Waals surface area contributed by atoms with Gasteiger partial charge in [0.1, 0.15) is 5.82 Å². The molecule has 0 atom stereocenters. The van der Waals surface area contributed by atoms with Crippen LogP contribution in [0.1, 0.15) is 54.6 Å². The molecule has 0 spiro atoms. The van der Waals surface area contributed by atoms with E-state index in [4.69, 9.17) is 0 Å². The summed E-state index contributed by atoms with van der Waals surface area (Å²) in [5, 5.41) is 3.22. The molecule has 2 aliphatic carbocycles. The zero-order valence-electron chi connectivity index (χ0n) is 15.5. The van der Waals surface area contributed by atoms with Gasteiger partial charge in [-0.25, -0.2) is 4.98 Å². The van der Waals surface area contributed by atoms with Crippen molar-refractivity contribution in [1.29, 1.82) is 0 Å². The Morgan fingerprint density at radius 3 is 2.81 bits per heavy atom. The molecule has 26 heavy (non-hydrogen) atoms. The standard InChI is InChI=1S/C21H26N4O/c1-14(2)23-21-22-11-10-19(24-21)25(13-15-6-7-15)20(26)18-9-8-16-4-3-5-17(16)12-18/h8-12,14-15H,3-7,13H2,1-2H3,(H,22,23,24). The van der Waals surface area contributed by atoms with Crippen LogP contribution in [0.25, 0.3) is 0 Å². The Balaban J connectivity index is 1.63. The summed E-state index contributed by atoms with van der Waals surface area (Å²) in [6, 6.07) is 8.25. The molecule has 4 rings (SSSR count). The van der Waals surface area contributed by atoms with Crippen molar-refractivity contribution in [2.75, 3.05) is 16.8 Å². The Morgan fingerprint density at radius 2 is 2.04 bits per heavy atom. The molecule has 1 heterocycles. The second-order valence-corrected chi connectivity index (χ2v) is 7.73. The van der Waals surface area contributed by atoms with Gasteiger partial charge in [-0.2, -0.15) is 4.98 Å². The molecule has 1 N–H and O–H groups in total. The van der Waals surface area contributed by atoms with Crippen LogP contribution >= 0.6 is 0 Å². The summed E-state index contributed by atoms with van der Waals surface area (Å²) in [6.45, 7) is 4.83. The highest BCUT2D eigenvalue weighted by atomic mass is 16.2. The lowest BCUT2D eigenvalue weighted by Gasteiger charge is -2.23. The molecule has 5 nitrogen and oxygen atoms in total. The monoisotopic (exact) mass is 350 g/mol. The molecule has 0 bridgehead atoms. The Morgan fingerprint density at radius 1 is 1.23 bits per heavy atom. The summed E-state index contributed by atoms with van der Waals surface area (Å²) >= 11 is 0. The van der Waals surface area contributed by atoms with E-state index in [9.17, 15) is 4.79 Å². The van der Waals surface area contributed by atoms with Gasteiger partial charge in [0.25, 0.3) is 5.91 Å². The first-order chi connectivity index (χ1) is 12.6. The number of rotatable bonds is 6. The fourth-order valence-electron chi connectivity index (χ4n) is 3.53. The number of hydrogen-bond donors (Lipinski definition) is 1.